The summed E-state index contributed by atoms with van der Waals surface area (Å²) in [6.45, 7) is 0. The molecule has 0 fully saturated rings. The average molecular weight is 388 g/mol. The number of para-hydroxylation sites is 2. The molecule has 0 atom stereocenters. The molecule has 2 aromatic carbocycles. The van der Waals surface area contributed by atoms with Gasteiger partial charge in [0.05, 0.1) is 22.0 Å². The predicted octanol–water partition coefficient (Wildman–Crippen LogP) is 2.40. The Bertz CT molecular complexity index is 1020. The van der Waals surface area contributed by atoms with Gasteiger partial charge in [-0.3, -0.25) is 4.79 Å². The minimum Gasteiger partial charge on any atom is -0.324 e. The molecule has 1 amide bonds. The number of rotatable bonds is 6. The predicted molar refractivity (Wildman–Crippen MR) is 100 cm³/mol. The molecule has 9 heteroatoms. The molecule has 0 radical (unpaired) electrons. The van der Waals surface area contributed by atoms with Crippen LogP contribution in [0.5, 0.6) is 0 Å². The normalized spacial score (nSPS) is 11.3. The third-order valence-corrected chi connectivity index (χ3v) is 5.39. The van der Waals surface area contributed by atoms with Crippen molar-refractivity contribution in [3.05, 3.63) is 60.9 Å². The van der Waals surface area contributed by atoms with Crippen molar-refractivity contribution >= 4 is 33.2 Å². The second-order valence-electron chi connectivity index (χ2n) is 5.41. The molecule has 0 unspecified atom stereocenters. The van der Waals surface area contributed by atoms with Crippen LogP contribution in [0, 0.1) is 0 Å². The summed E-state index contributed by atoms with van der Waals surface area (Å²) >= 11 is 1.17. The first kappa shape index (κ1) is 18.2. The Hall–Kier alpha value is -2.65. The lowest BCUT2D eigenvalue weighted by Gasteiger charge is -2.08. The van der Waals surface area contributed by atoms with Crippen molar-refractivity contribution in [1.82, 2.24) is 14.8 Å². The van der Waals surface area contributed by atoms with Gasteiger partial charge in [0.1, 0.15) is 6.33 Å². The molecule has 3 aromatic rings. The number of anilines is 1. The van der Waals surface area contributed by atoms with Crippen molar-refractivity contribution in [3.8, 4) is 5.69 Å². The fourth-order valence-electron chi connectivity index (χ4n) is 2.23. The maximum absolute atomic E-state index is 12.2. The number of hydrogen-bond donors (Lipinski definition) is 1. The van der Waals surface area contributed by atoms with Crippen LogP contribution in [0.2, 0.25) is 0 Å². The van der Waals surface area contributed by atoms with Crippen molar-refractivity contribution < 1.29 is 13.2 Å². The molecule has 1 heterocycles. The van der Waals surface area contributed by atoms with Crippen LogP contribution in [0.15, 0.2) is 71.0 Å². The third kappa shape index (κ3) is 4.50. The van der Waals surface area contributed by atoms with E-state index >= 15 is 0 Å². The summed E-state index contributed by atoms with van der Waals surface area (Å²) < 4.78 is 25.2. The fraction of sp³-hybridized carbons (Fsp3) is 0.118. The third-order valence-electron chi connectivity index (χ3n) is 3.38. The van der Waals surface area contributed by atoms with Gasteiger partial charge in [0.15, 0.2) is 9.84 Å². The van der Waals surface area contributed by atoms with Gasteiger partial charge in [-0.05, 0) is 24.3 Å². The first-order chi connectivity index (χ1) is 12.4. The lowest BCUT2D eigenvalue weighted by Crippen LogP contribution is -2.16. The van der Waals surface area contributed by atoms with E-state index in [-0.39, 0.29) is 22.2 Å². The van der Waals surface area contributed by atoms with Crippen LogP contribution in [0.3, 0.4) is 0 Å². The molecule has 0 aliphatic heterocycles. The van der Waals surface area contributed by atoms with Crippen molar-refractivity contribution in [2.24, 2.45) is 0 Å². The molecule has 134 valence electrons. The van der Waals surface area contributed by atoms with Crippen molar-refractivity contribution in [1.29, 1.82) is 0 Å². The van der Waals surface area contributed by atoms with Crippen LogP contribution < -0.4 is 5.32 Å². The molecular weight excluding hydrogens is 372 g/mol. The second kappa shape index (κ2) is 7.71. The van der Waals surface area contributed by atoms with Gasteiger partial charge in [-0.1, -0.05) is 42.1 Å². The zero-order chi connectivity index (χ0) is 18.6. The summed E-state index contributed by atoms with van der Waals surface area (Å²) in [6, 6.07) is 15.8. The number of hydrogen-bond acceptors (Lipinski definition) is 6. The van der Waals surface area contributed by atoms with Gasteiger partial charge in [0.2, 0.25) is 11.1 Å². The Morgan fingerprint density at radius 2 is 1.81 bits per heavy atom. The standard InChI is InChI=1S/C17H16N4O3S2/c1-26(23,24)15-10-6-5-9-14(15)19-16(22)11-25-17-18-12-21(20-17)13-7-3-2-4-8-13/h2-10,12H,11H2,1H3,(H,19,22). The zero-order valence-electron chi connectivity index (χ0n) is 13.9. The molecule has 26 heavy (non-hydrogen) atoms. The first-order valence-electron chi connectivity index (χ1n) is 7.62. The van der Waals surface area contributed by atoms with Gasteiger partial charge in [0.25, 0.3) is 0 Å². The molecule has 1 N–H and O–H groups in total. The smallest absolute Gasteiger partial charge is 0.234 e. The van der Waals surface area contributed by atoms with E-state index < -0.39 is 9.84 Å². The Balaban J connectivity index is 1.63. The fourth-order valence-corrected chi connectivity index (χ4v) is 3.67. The summed E-state index contributed by atoms with van der Waals surface area (Å²) in [4.78, 5) is 16.4. The Kier molecular flexibility index (Phi) is 5.38. The number of sulfone groups is 1. The maximum atomic E-state index is 12.2. The van der Waals surface area contributed by atoms with E-state index in [1.54, 1.807) is 29.2 Å². The SMILES string of the molecule is CS(=O)(=O)c1ccccc1NC(=O)CSc1ncn(-c2ccccc2)n1. The second-order valence-corrected chi connectivity index (χ2v) is 8.34. The highest BCUT2D eigenvalue weighted by atomic mass is 32.2. The molecule has 7 nitrogen and oxygen atoms in total. The van der Waals surface area contributed by atoms with Gasteiger partial charge in [-0.2, -0.15) is 0 Å². The van der Waals surface area contributed by atoms with E-state index in [4.69, 9.17) is 0 Å². The molecule has 0 spiro atoms. The van der Waals surface area contributed by atoms with Crippen molar-refractivity contribution in [2.45, 2.75) is 10.1 Å². The molecule has 3 rings (SSSR count). The summed E-state index contributed by atoms with van der Waals surface area (Å²) in [5.74, 6) is -0.265. The molecule has 0 aliphatic rings. The monoisotopic (exact) mass is 388 g/mol. The highest BCUT2D eigenvalue weighted by molar-refractivity contribution is 7.99. The lowest BCUT2D eigenvalue weighted by molar-refractivity contribution is -0.113. The van der Waals surface area contributed by atoms with Crippen LogP contribution in [-0.4, -0.2) is 41.1 Å². The highest BCUT2D eigenvalue weighted by Crippen LogP contribution is 2.21. The summed E-state index contributed by atoms with van der Waals surface area (Å²) in [5, 5.41) is 7.39. The number of carbonyl (C=O) groups excluding carboxylic acids is 1. The number of aromatic nitrogens is 3. The highest BCUT2D eigenvalue weighted by Gasteiger charge is 2.15. The van der Waals surface area contributed by atoms with Crippen molar-refractivity contribution in [2.75, 3.05) is 17.3 Å². The molecule has 1 aromatic heterocycles. The Labute approximate surface area is 155 Å². The van der Waals surface area contributed by atoms with Crippen molar-refractivity contribution in [3.63, 3.8) is 0 Å². The first-order valence-corrected chi connectivity index (χ1v) is 10.5. The summed E-state index contributed by atoms with van der Waals surface area (Å²) in [7, 11) is -3.42. The minimum atomic E-state index is -3.42. The quantitative estimate of drug-likeness (QED) is 0.652. The number of amides is 1. The van der Waals surface area contributed by atoms with Crippen LogP contribution in [0.4, 0.5) is 5.69 Å². The van der Waals surface area contributed by atoms with Gasteiger partial charge < -0.3 is 5.32 Å². The molecular formula is C17H16N4O3S2. The Morgan fingerprint density at radius 3 is 2.54 bits per heavy atom. The van der Waals surface area contributed by atoms with E-state index in [0.29, 0.717) is 5.16 Å². The van der Waals surface area contributed by atoms with E-state index in [0.717, 1.165) is 11.9 Å². The summed E-state index contributed by atoms with van der Waals surface area (Å²) in [6.07, 6.45) is 2.68. The number of carbonyl (C=O) groups is 1. The maximum Gasteiger partial charge on any atom is 0.234 e. The average Bonchev–Trinajstić information content (AvgIpc) is 3.09. The number of benzene rings is 2. The lowest BCUT2D eigenvalue weighted by atomic mass is 10.3. The number of thioether (sulfide) groups is 1. The number of nitrogens with zero attached hydrogens (tertiary/aromatic N) is 3. The van der Waals surface area contributed by atoms with E-state index in [9.17, 15) is 13.2 Å². The number of nitrogens with one attached hydrogen (secondary N) is 1. The molecule has 0 saturated carbocycles. The molecule has 0 saturated heterocycles. The van der Waals surface area contributed by atoms with Crippen LogP contribution in [0.25, 0.3) is 5.69 Å². The largest absolute Gasteiger partial charge is 0.324 e. The van der Waals surface area contributed by atoms with Gasteiger partial charge >= 0.3 is 0 Å². The minimum absolute atomic E-state index is 0.0664. The van der Waals surface area contributed by atoms with Crippen LogP contribution in [0.1, 0.15) is 0 Å². The topological polar surface area (TPSA) is 94.0 Å². The molecule has 0 bridgehead atoms. The van der Waals surface area contributed by atoms with Gasteiger partial charge in [0, 0.05) is 6.26 Å². The van der Waals surface area contributed by atoms with E-state index in [1.807, 2.05) is 30.3 Å². The summed E-state index contributed by atoms with van der Waals surface area (Å²) in [5.41, 5.74) is 1.14. The van der Waals surface area contributed by atoms with E-state index in [1.165, 1.54) is 17.8 Å². The van der Waals surface area contributed by atoms with E-state index in [2.05, 4.69) is 15.4 Å². The van der Waals surface area contributed by atoms with Gasteiger partial charge in [-0.15, -0.1) is 5.10 Å². The van der Waals surface area contributed by atoms with Gasteiger partial charge in [-0.25, -0.2) is 18.1 Å². The molecule has 0 aliphatic carbocycles. The Morgan fingerprint density at radius 1 is 1.12 bits per heavy atom. The van der Waals surface area contributed by atoms with Crippen LogP contribution >= 0.6 is 11.8 Å². The zero-order valence-corrected chi connectivity index (χ0v) is 15.5. The van der Waals surface area contributed by atoms with Crippen LogP contribution in [-0.2, 0) is 14.6 Å².